The molecule has 0 aliphatic carbocycles. The smallest absolute Gasteiger partial charge is 0.224 e. The summed E-state index contributed by atoms with van der Waals surface area (Å²) in [5.41, 5.74) is 0. The molecule has 0 spiro atoms. The number of nitrogens with zero attached hydrogens (tertiary/aromatic N) is 3. The Morgan fingerprint density at radius 1 is 1.59 bits per heavy atom. The van der Waals surface area contributed by atoms with E-state index in [1.54, 1.807) is 11.9 Å². The molecule has 1 aromatic heterocycles. The second kappa shape index (κ2) is 6.34. The summed E-state index contributed by atoms with van der Waals surface area (Å²) < 4.78 is 0. The Balaban J connectivity index is 2.41. The fraction of sp³-hybridized carbons (Fsp3) is 0.727. The number of hydrogen-bond donors (Lipinski definition) is 2. The van der Waals surface area contributed by atoms with Crippen molar-refractivity contribution >= 4 is 5.91 Å². The van der Waals surface area contributed by atoms with Crippen LogP contribution < -0.4 is 5.32 Å². The zero-order valence-corrected chi connectivity index (χ0v) is 10.9. The highest BCUT2D eigenvalue weighted by molar-refractivity contribution is 5.76. The third kappa shape index (κ3) is 4.52. The van der Waals surface area contributed by atoms with Gasteiger partial charge in [0.05, 0.1) is 6.54 Å². The first-order valence-electron chi connectivity index (χ1n) is 5.88. The number of aryl methyl sites for hydroxylation is 1. The number of aromatic nitrogens is 3. The maximum atomic E-state index is 11.9. The Kier molecular flexibility index (Phi) is 5.09. The first kappa shape index (κ1) is 13.6. The SMILES string of the molecule is CCNC(C)CC(=O)N(C)Cc1n[nH]c(C)n1. The minimum absolute atomic E-state index is 0.0981. The molecule has 1 amide bonds. The van der Waals surface area contributed by atoms with E-state index in [4.69, 9.17) is 0 Å². The van der Waals surface area contributed by atoms with Crippen LogP contribution in [0.5, 0.6) is 0 Å². The summed E-state index contributed by atoms with van der Waals surface area (Å²) in [5, 5.41) is 9.98. The van der Waals surface area contributed by atoms with Gasteiger partial charge in [-0.25, -0.2) is 4.98 Å². The second-order valence-electron chi connectivity index (χ2n) is 4.25. The molecule has 96 valence electrons. The van der Waals surface area contributed by atoms with Gasteiger partial charge < -0.3 is 10.2 Å². The molecule has 1 atom stereocenters. The normalized spacial score (nSPS) is 12.5. The van der Waals surface area contributed by atoms with Crippen molar-refractivity contribution in [3.63, 3.8) is 0 Å². The monoisotopic (exact) mass is 239 g/mol. The third-order valence-corrected chi connectivity index (χ3v) is 2.48. The molecule has 0 bridgehead atoms. The zero-order valence-electron chi connectivity index (χ0n) is 10.9. The van der Waals surface area contributed by atoms with Gasteiger partial charge in [0, 0.05) is 19.5 Å². The Morgan fingerprint density at radius 3 is 2.82 bits per heavy atom. The van der Waals surface area contributed by atoms with E-state index in [1.165, 1.54) is 0 Å². The van der Waals surface area contributed by atoms with Crippen molar-refractivity contribution < 1.29 is 4.79 Å². The lowest BCUT2D eigenvalue weighted by Gasteiger charge is -2.18. The molecule has 0 saturated carbocycles. The van der Waals surface area contributed by atoms with Gasteiger partial charge in [0.15, 0.2) is 5.82 Å². The number of carbonyl (C=O) groups is 1. The van der Waals surface area contributed by atoms with Crippen molar-refractivity contribution in [3.8, 4) is 0 Å². The third-order valence-electron chi connectivity index (χ3n) is 2.48. The van der Waals surface area contributed by atoms with E-state index in [0.29, 0.717) is 18.8 Å². The van der Waals surface area contributed by atoms with Gasteiger partial charge in [-0.05, 0) is 20.4 Å². The van der Waals surface area contributed by atoms with Crippen molar-refractivity contribution in [2.45, 2.75) is 39.8 Å². The van der Waals surface area contributed by atoms with E-state index < -0.39 is 0 Å². The summed E-state index contributed by atoms with van der Waals surface area (Å²) in [6, 6.07) is 0.198. The Bertz CT molecular complexity index is 362. The fourth-order valence-electron chi connectivity index (χ4n) is 1.60. The minimum atomic E-state index is 0.0981. The summed E-state index contributed by atoms with van der Waals surface area (Å²) in [5.74, 6) is 1.51. The van der Waals surface area contributed by atoms with Crippen LogP contribution in [0.25, 0.3) is 0 Å². The van der Waals surface area contributed by atoms with Crippen LogP contribution in [0.3, 0.4) is 0 Å². The van der Waals surface area contributed by atoms with Gasteiger partial charge >= 0.3 is 0 Å². The van der Waals surface area contributed by atoms with Crippen LogP contribution in [0.2, 0.25) is 0 Å². The van der Waals surface area contributed by atoms with Crippen molar-refractivity contribution in [1.29, 1.82) is 0 Å². The van der Waals surface area contributed by atoms with E-state index in [9.17, 15) is 4.79 Å². The second-order valence-corrected chi connectivity index (χ2v) is 4.25. The highest BCUT2D eigenvalue weighted by atomic mass is 16.2. The lowest BCUT2D eigenvalue weighted by Crippen LogP contribution is -2.34. The highest BCUT2D eigenvalue weighted by Gasteiger charge is 2.14. The van der Waals surface area contributed by atoms with Crippen LogP contribution in [-0.2, 0) is 11.3 Å². The molecule has 0 aromatic carbocycles. The van der Waals surface area contributed by atoms with Crippen molar-refractivity contribution in [3.05, 3.63) is 11.6 Å². The minimum Gasteiger partial charge on any atom is -0.338 e. The van der Waals surface area contributed by atoms with E-state index in [0.717, 1.165) is 12.4 Å². The van der Waals surface area contributed by atoms with Gasteiger partial charge in [-0.3, -0.25) is 9.89 Å². The number of aromatic amines is 1. The lowest BCUT2D eigenvalue weighted by atomic mass is 10.2. The first-order chi connectivity index (χ1) is 8.02. The van der Waals surface area contributed by atoms with E-state index in [1.807, 2.05) is 20.8 Å². The van der Waals surface area contributed by atoms with Crippen LogP contribution >= 0.6 is 0 Å². The average molecular weight is 239 g/mol. The maximum absolute atomic E-state index is 11.9. The number of hydrogen-bond acceptors (Lipinski definition) is 4. The molecule has 0 fully saturated rings. The molecule has 1 rings (SSSR count). The van der Waals surface area contributed by atoms with Crippen molar-refractivity contribution in [1.82, 2.24) is 25.4 Å². The van der Waals surface area contributed by atoms with E-state index in [-0.39, 0.29) is 11.9 Å². The van der Waals surface area contributed by atoms with Gasteiger partial charge in [0.2, 0.25) is 5.91 Å². The average Bonchev–Trinajstić information content (AvgIpc) is 2.64. The number of nitrogens with one attached hydrogen (secondary N) is 2. The standard InChI is InChI=1S/C11H21N5O/c1-5-12-8(2)6-11(17)16(4)7-10-13-9(3)14-15-10/h8,12H,5-7H2,1-4H3,(H,13,14,15). The summed E-state index contributed by atoms with van der Waals surface area (Å²) >= 11 is 0. The van der Waals surface area contributed by atoms with Gasteiger partial charge in [0.25, 0.3) is 0 Å². The van der Waals surface area contributed by atoms with Crippen molar-refractivity contribution in [2.75, 3.05) is 13.6 Å². The molecule has 2 N–H and O–H groups in total. The predicted molar refractivity (Wildman–Crippen MR) is 65.3 cm³/mol. The predicted octanol–water partition coefficient (Wildman–Crippen LogP) is 0.460. The summed E-state index contributed by atoms with van der Waals surface area (Å²) in [7, 11) is 1.77. The highest BCUT2D eigenvalue weighted by Crippen LogP contribution is 2.01. The van der Waals surface area contributed by atoms with Gasteiger partial charge in [-0.1, -0.05) is 6.92 Å². The zero-order chi connectivity index (χ0) is 12.8. The molecule has 0 saturated heterocycles. The van der Waals surface area contributed by atoms with Crippen LogP contribution in [0.15, 0.2) is 0 Å². The number of amides is 1. The Morgan fingerprint density at radius 2 is 2.29 bits per heavy atom. The summed E-state index contributed by atoms with van der Waals surface area (Å²) in [6.45, 7) is 7.19. The van der Waals surface area contributed by atoms with E-state index >= 15 is 0 Å². The van der Waals surface area contributed by atoms with Crippen LogP contribution in [-0.4, -0.2) is 45.6 Å². The Hall–Kier alpha value is -1.43. The first-order valence-corrected chi connectivity index (χ1v) is 5.88. The quantitative estimate of drug-likeness (QED) is 0.756. The number of carbonyl (C=O) groups excluding carboxylic acids is 1. The summed E-state index contributed by atoms with van der Waals surface area (Å²) in [4.78, 5) is 17.7. The molecule has 0 aliphatic heterocycles. The number of H-pyrrole nitrogens is 1. The van der Waals surface area contributed by atoms with Crippen LogP contribution in [0.1, 0.15) is 31.9 Å². The van der Waals surface area contributed by atoms with Gasteiger partial charge in [0.1, 0.15) is 5.82 Å². The molecule has 17 heavy (non-hydrogen) atoms. The summed E-state index contributed by atoms with van der Waals surface area (Å²) in [6.07, 6.45) is 0.494. The lowest BCUT2D eigenvalue weighted by molar-refractivity contribution is -0.130. The molecular formula is C11H21N5O. The molecule has 6 nitrogen and oxygen atoms in total. The Labute approximate surface area is 102 Å². The van der Waals surface area contributed by atoms with Gasteiger partial charge in [-0.15, -0.1) is 0 Å². The van der Waals surface area contributed by atoms with E-state index in [2.05, 4.69) is 20.5 Å². The van der Waals surface area contributed by atoms with Gasteiger partial charge in [-0.2, -0.15) is 5.10 Å². The topological polar surface area (TPSA) is 73.9 Å². The molecule has 6 heteroatoms. The van der Waals surface area contributed by atoms with Crippen molar-refractivity contribution in [2.24, 2.45) is 0 Å². The largest absolute Gasteiger partial charge is 0.338 e. The molecule has 0 aliphatic rings. The van der Waals surface area contributed by atoms with Crippen LogP contribution in [0.4, 0.5) is 0 Å². The maximum Gasteiger partial charge on any atom is 0.224 e. The van der Waals surface area contributed by atoms with Crippen LogP contribution in [0, 0.1) is 6.92 Å². The molecule has 1 heterocycles. The molecule has 1 aromatic rings. The molecule has 0 radical (unpaired) electrons. The fourth-order valence-corrected chi connectivity index (χ4v) is 1.60. The molecule has 1 unspecified atom stereocenters. The number of rotatable bonds is 6. The molecular weight excluding hydrogens is 218 g/mol.